The molecule has 1 aliphatic rings. The summed E-state index contributed by atoms with van der Waals surface area (Å²) in [5.41, 5.74) is 2.93. The molecule has 7 heteroatoms. The van der Waals surface area contributed by atoms with Crippen LogP contribution in [0, 0.1) is 5.92 Å². The third-order valence-corrected chi connectivity index (χ3v) is 5.95. The monoisotopic (exact) mass is 472 g/mol. The zero-order valence-corrected chi connectivity index (χ0v) is 21.0. The van der Waals surface area contributed by atoms with Gasteiger partial charge < -0.3 is 15.5 Å². The second-order valence-corrected chi connectivity index (χ2v) is 8.48. The minimum Gasteiger partial charge on any atom is -0.340 e. The molecule has 0 bridgehead atoms. The smallest absolute Gasteiger partial charge is 0.319 e. The van der Waals surface area contributed by atoms with E-state index in [0.717, 1.165) is 50.4 Å². The van der Waals surface area contributed by atoms with E-state index in [0.29, 0.717) is 11.6 Å². The van der Waals surface area contributed by atoms with Crippen LogP contribution in [0.15, 0.2) is 48.5 Å². The van der Waals surface area contributed by atoms with Crippen LogP contribution >= 0.6 is 11.6 Å². The standard InChI is InChI=1S/C24H31ClN4O2.C2H6/c1-3-18(2)23(30)29-14-12-28(13-15-29)17-20-6-10-22(11-7-20)27-24(31)26-16-19-4-8-21(25)9-5-19;1-2/h4-11,18H,3,12-17H2,1-2H3,(H2,26,27,31);1-2H3. The number of carbonyl (C=O) groups excluding carboxylic acids is 2. The van der Waals surface area contributed by atoms with E-state index in [2.05, 4.69) is 22.5 Å². The number of nitrogens with zero attached hydrogens (tertiary/aromatic N) is 2. The number of rotatable bonds is 7. The highest BCUT2D eigenvalue weighted by Crippen LogP contribution is 2.15. The van der Waals surface area contributed by atoms with Gasteiger partial charge in [-0.2, -0.15) is 0 Å². The molecule has 1 saturated heterocycles. The molecule has 0 saturated carbocycles. The predicted octanol–water partition coefficient (Wildman–Crippen LogP) is 5.38. The summed E-state index contributed by atoms with van der Waals surface area (Å²) in [7, 11) is 0. The topological polar surface area (TPSA) is 64.7 Å². The second kappa shape index (κ2) is 13.9. The number of nitrogens with one attached hydrogen (secondary N) is 2. The molecule has 3 amide bonds. The fourth-order valence-corrected chi connectivity index (χ4v) is 3.65. The molecule has 33 heavy (non-hydrogen) atoms. The molecule has 1 unspecified atom stereocenters. The molecule has 180 valence electrons. The summed E-state index contributed by atoms with van der Waals surface area (Å²) in [5, 5.41) is 6.37. The Morgan fingerprint density at radius 2 is 1.52 bits per heavy atom. The Labute approximate surface area is 203 Å². The lowest BCUT2D eigenvalue weighted by atomic mass is 10.1. The highest BCUT2D eigenvalue weighted by Gasteiger charge is 2.23. The third-order valence-electron chi connectivity index (χ3n) is 5.70. The molecule has 2 N–H and O–H groups in total. The largest absolute Gasteiger partial charge is 0.340 e. The van der Waals surface area contributed by atoms with Gasteiger partial charge in [0.05, 0.1) is 0 Å². The molecule has 3 rings (SSSR count). The summed E-state index contributed by atoms with van der Waals surface area (Å²) in [6.45, 7) is 12.7. The van der Waals surface area contributed by atoms with Gasteiger partial charge in [0.2, 0.25) is 5.91 Å². The average molecular weight is 473 g/mol. The first-order valence-electron chi connectivity index (χ1n) is 11.8. The van der Waals surface area contributed by atoms with Gasteiger partial charge in [-0.15, -0.1) is 0 Å². The van der Waals surface area contributed by atoms with Gasteiger partial charge in [-0.3, -0.25) is 9.69 Å². The van der Waals surface area contributed by atoms with Gasteiger partial charge in [0, 0.05) is 55.9 Å². The number of anilines is 1. The number of hydrogen-bond acceptors (Lipinski definition) is 3. The Bertz CT molecular complexity index is 863. The van der Waals surface area contributed by atoms with Crippen molar-refractivity contribution in [3.8, 4) is 0 Å². The van der Waals surface area contributed by atoms with E-state index in [9.17, 15) is 9.59 Å². The van der Waals surface area contributed by atoms with Crippen molar-refractivity contribution in [1.29, 1.82) is 0 Å². The fourth-order valence-electron chi connectivity index (χ4n) is 3.52. The number of carbonyl (C=O) groups is 2. The van der Waals surface area contributed by atoms with Gasteiger partial charge in [0.1, 0.15) is 0 Å². The van der Waals surface area contributed by atoms with E-state index in [4.69, 9.17) is 11.6 Å². The van der Waals surface area contributed by atoms with Gasteiger partial charge in [0.25, 0.3) is 0 Å². The van der Waals surface area contributed by atoms with Gasteiger partial charge in [-0.25, -0.2) is 4.79 Å². The maximum atomic E-state index is 12.3. The van der Waals surface area contributed by atoms with Crippen molar-refractivity contribution >= 4 is 29.2 Å². The van der Waals surface area contributed by atoms with Crippen LogP contribution in [0.25, 0.3) is 0 Å². The molecule has 0 aromatic heterocycles. The number of amides is 3. The summed E-state index contributed by atoms with van der Waals surface area (Å²) < 4.78 is 0. The summed E-state index contributed by atoms with van der Waals surface area (Å²) in [6, 6.07) is 15.0. The molecule has 1 heterocycles. The first-order chi connectivity index (χ1) is 15.9. The van der Waals surface area contributed by atoms with Crippen molar-refractivity contribution in [1.82, 2.24) is 15.1 Å². The zero-order chi connectivity index (χ0) is 24.2. The lowest BCUT2D eigenvalue weighted by Gasteiger charge is -2.36. The average Bonchev–Trinajstić information content (AvgIpc) is 2.85. The molecule has 0 aliphatic carbocycles. The quantitative estimate of drug-likeness (QED) is 0.568. The number of benzene rings is 2. The predicted molar refractivity (Wildman–Crippen MR) is 136 cm³/mol. The maximum absolute atomic E-state index is 12.3. The Balaban J connectivity index is 0.00000187. The first kappa shape index (κ1) is 26.7. The van der Waals surface area contributed by atoms with E-state index in [1.807, 2.05) is 62.1 Å². The van der Waals surface area contributed by atoms with Gasteiger partial charge >= 0.3 is 6.03 Å². The zero-order valence-electron chi connectivity index (χ0n) is 20.2. The summed E-state index contributed by atoms with van der Waals surface area (Å²) in [5.74, 6) is 0.377. The fraction of sp³-hybridized carbons (Fsp3) is 0.462. The second-order valence-electron chi connectivity index (χ2n) is 8.04. The van der Waals surface area contributed by atoms with Crippen LogP contribution in [0.4, 0.5) is 10.5 Å². The normalized spacial score (nSPS) is 14.6. The summed E-state index contributed by atoms with van der Waals surface area (Å²) in [4.78, 5) is 28.8. The molecular formula is C26H37ClN4O2. The molecule has 1 atom stereocenters. The van der Waals surface area contributed by atoms with E-state index in [1.54, 1.807) is 12.1 Å². The molecule has 0 radical (unpaired) electrons. The number of piperazine rings is 1. The molecular weight excluding hydrogens is 436 g/mol. The van der Waals surface area contributed by atoms with Crippen molar-refractivity contribution in [2.45, 2.75) is 47.2 Å². The lowest BCUT2D eigenvalue weighted by Crippen LogP contribution is -2.49. The Morgan fingerprint density at radius 1 is 0.939 bits per heavy atom. The minimum atomic E-state index is -0.246. The van der Waals surface area contributed by atoms with Crippen molar-refractivity contribution in [2.24, 2.45) is 5.92 Å². The minimum absolute atomic E-state index is 0.106. The highest BCUT2D eigenvalue weighted by molar-refractivity contribution is 6.30. The third kappa shape index (κ3) is 8.71. The molecule has 0 spiro atoms. The van der Waals surface area contributed by atoms with Crippen LogP contribution in [-0.4, -0.2) is 47.9 Å². The first-order valence-corrected chi connectivity index (χ1v) is 12.2. The van der Waals surface area contributed by atoms with E-state index < -0.39 is 0 Å². The molecule has 2 aromatic carbocycles. The van der Waals surface area contributed by atoms with Crippen molar-refractivity contribution in [3.63, 3.8) is 0 Å². The Kier molecular flexibility index (Phi) is 11.2. The van der Waals surface area contributed by atoms with Gasteiger partial charge in [0.15, 0.2) is 0 Å². The number of halogens is 1. The Morgan fingerprint density at radius 3 is 2.09 bits per heavy atom. The van der Waals surface area contributed by atoms with Crippen molar-refractivity contribution < 1.29 is 9.59 Å². The SMILES string of the molecule is CC.CCC(C)C(=O)N1CCN(Cc2ccc(NC(=O)NCc3ccc(Cl)cc3)cc2)CC1. The van der Waals surface area contributed by atoms with Crippen molar-refractivity contribution in [2.75, 3.05) is 31.5 Å². The van der Waals surface area contributed by atoms with E-state index in [-0.39, 0.29) is 17.9 Å². The van der Waals surface area contributed by atoms with Crippen LogP contribution < -0.4 is 10.6 Å². The van der Waals surface area contributed by atoms with Gasteiger partial charge in [-0.1, -0.05) is 63.6 Å². The van der Waals surface area contributed by atoms with E-state index >= 15 is 0 Å². The highest BCUT2D eigenvalue weighted by atomic mass is 35.5. The molecule has 1 fully saturated rings. The molecule has 1 aliphatic heterocycles. The summed E-state index contributed by atoms with van der Waals surface area (Å²) >= 11 is 5.87. The van der Waals surface area contributed by atoms with Crippen LogP contribution in [0.5, 0.6) is 0 Å². The molecule has 2 aromatic rings. The lowest BCUT2D eigenvalue weighted by molar-refractivity contribution is -0.136. The van der Waals surface area contributed by atoms with Crippen LogP contribution in [0.1, 0.15) is 45.2 Å². The van der Waals surface area contributed by atoms with Gasteiger partial charge in [-0.05, 0) is 41.8 Å². The van der Waals surface area contributed by atoms with Crippen LogP contribution in [0.2, 0.25) is 5.02 Å². The van der Waals surface area contributed by atoms with Crippen molar-refractivity contribution in [3.05, 3.63) is 64.7 Å². The molecule has 6 nitrogen and oxygen atoms in total. The maximum Gasteiger partial charge on any atom is 0.319 e. The van der Waals surface area contributed by atoms with Crippen LogP contribution in [-0.2, 0) is 17.9 Å². The Hall–Kier alpha value is -2.57. The number of hydrogen-bond donors (Lipinski definition) is 2. The van der Waals surface area contributed by atoms with E-state index in [1.165, 1.54) is 5.56 Å². The number of urea groups is 1. The summed E-state index contributed by atoms with van der Waals surface area (Å²) in [6.07, 6.45) is 0.887. The van der Waals surface area contributed by atoms with Crippen LogP contribution in [0.3, 0.4) is 0 Å².